The SMILES string of the molecule is COC(=O)C[C@H]1CCC[C@@H]1NC(=O)OC(C)(C)C. The number of methoxy groups -OCH3 is 1. The molecule has 0 aromatic rings. The Morgan fingerprint density at radius 3 is 2.50 bits per heavy atom. The molecule has 1 amide bonds. The van der Waals surface area contributed by atoms with E-state index in [1.54, 1.807) is 0 Å². The van der Waals surface area contributed by atoms with Crippen molar-refractivity contribution in [1.29, 1.82) is 0 Å². The first-order valence-electron chi connectivity index (χ1n) is 6.38. The van der Waals surface area contributed by atoms with Gasteiger partial charge in [-0.15, -0.1) is 0 Å². The van der Waals surface area contributed by atoms with Crippen molar-refractivity contribution < 1.29 is 19.1 Å². The molecule has 0 aromatic carbocycles. The molecule has 0 aliphatic heterocycles. The summed E-state index contributed by atoms with van der Waals surface area (Å²) in [5.74, 6) is -0.0668. The lowest BCUT2D eigenvalue weighted by Crippen LogP contribution is -2.41. The molecule has 0 radical (unpaired) electrons. The standard InChI is InChI=1S/C13H23NO4/c1-13(2,3)18-12(16)14-10-7-5-6-9(10)8-11(15)17-4/h9-10H,5-8H2,1-4H3,(H,14,16)/t9-,10+/m1/s1. The summed E-state index contributed by atoms with van der Waals surface area (Å²) in [6.45, 7) is 5.48. The van der Waals surface area contributed by atoms with Gasteiger partial charge in [-0.05, 0) is 39.5 Å². The Morgan fingerprint density at radius 1 is 1.28 bits per heavy atom. The van der Waals surface area contributed by atoms with Gasteiger partial charge in [0.1, 0.15) is 5.60 Å². The molecule has 5 heteroatoms. The summed E-state index contributed by atoms with van der Waals surface area (Å²) < 4.78 is 9.88. The molecule has 0 aromatic heterocycles. The third kappa shape index (κ3) is 4.94. The predicted octanol–water partition coefficient (Wildman–Crippen LogP) is 2.24. The van der Waals surface area contributed by atoms with Gasteiger partial charge in [0.25, 0.3) is 0 Å². The number of amides is 1. The number of hydrogen-bond donors (Lipinski definition) is 1. The second-order valence-corrected chi connectivity index (χ2v) is 5.72. The van der Waals surface area contributed by atoms with Crippen molar-refractivity contribution >= 4 is 12.1 Å². The van der Waals surface area contributed by atoms with Gasteiger partial charge in [0.05, 0.1) is 13.5 Å². The van der Waals surface area contributed by atoms with Crippen LogP contribution < -0.4 is 5.32 Å². The molecule has 2 atom stereocenters. The first kappa shape index (κ1) is 14.8. The zero-order valence-electron chi connectivity index (χ0n) is 11.6. The van der Waals surface area contributed by atoms with Crippen LogP contribution in [-0.4, -0.2) is 30.8 Å². The zero-order valence-corrected chi connectivity index (χ0v) is 11.6. The fraction of sp³-hybridized carbons (Fsp3) is 0.846. The van der Waals surface area contributed by atoms with Gasteiger partial charge in [-0.1, -0.05) is 6.42 Å². The Bertz CT molecular complexity index is 309. The molecule has 0 saturated heterocycles. The Kier molecular flexibility index (Phi) is 4.99. The van der Waals surface area contributed by atoms with Gasteiger partial charge in [0.2, 0.25) is 0 Å². The van der Waals surface area contributed by atoms with Crippen LogP contribution in [0.5, 0.6) is 0 Å². The number of carbonyl (C=O) groups is 2. The summed E-state index contributed by atoms with van der Waals surface area (Å²) in [4.78, 5) is 22.9. The lowest BCUT2D eigenvalue weighted by atomic mass is 10.00. The van der Waals surface area contributed by atoms with Crippen LogP contribution in [0.15, 0.2) is 0 Å². The van der Waals surface area contributed by atoms with Crippen molar-refractivity contribution in [2.75, 3.05) is 7.11 Å². The van der Waals surface area contributed by atoms with Gasteiger partial charge < -0.3 is 14.8 Å². The van der Waals surface area contributed by atoms with E-state index >= 15 is 0 Å². The highest BCUT2D eigenvalue weighted by atomic mass is 16.6. The molecule has 1 aliphatic rings. The first-order valence-corrected chi connectivity index (χ1v) is 6.38. The average molecular weight is 257 g/mol. The molecule has 1 fully saturated rings. The van der Waals surface area contributed by atoms with E-state index in [-0.39, 0.29) is 17.9 Å². The zero-order chi connectivity index (χ0) is 13.8. The van der Waals surface area contributed by atoms with E-state index in [1.165, 1.54) is 7.11 Å². The largest absolute Gasteiger partial charge is 0.469 e. The average Bonchev–Trinajstić information content (AvgIpc) is 2.62. The van der Waals surface area contributed by atoms with Crippen LogP contribution in [0.25, 0.3) is 0 Å². The molecular formula is C13H23NO4. The van der Waals surface area contributed by atoms with E-state index < -0.39 is 11.7 Å². The molecule has 18 heavy (non-hydrogen) atoms. The Hall–Kier alpha value is -1.26. The third-order valence-corrected chi connectivity index (χ3v) is 3.02. The Morgan fingerprint density at radius 2 is 1.94 bits per heavy atom. The van der Waals surface area contributed by atoms with Crippen LogP contribution in [0.1, 0.15) is 46.5 Å². The molecule has 0 spiro atoms. The number of hydrogen-bond acceptors (Lipinski definition) is 4. The van der Waals surface area contributed by atoms with E-state index in [9.17, 15) is 9.59 Å². The van der Waals surface area contributed by atoms with E-state index in [0.717, 1.165) is 19.3 Å². The Balaban J connectivity index is 2.45. The molecule has 1 N–H and O–H groups in total. The minimum Gasteiger partial charge on any atom is -0.469 e. The smallest absolute Gasteiger partial charge is 0.407 e. The van der Waals surface area contributed by atoms with Gasteiger partial charge in [0, 0.05) is 6.04 Å². The highest BCUT2D eigenvalue weighted by molar-refractivity contribution is 5.70. The van der Waals surface area contributed by atoms with E-state index in [1.807, 2.05) is 20.8 Å². The maximum absolute atomic E-state index is 11.7. The maximum atomic E-state index is 11.7. The third-order valence-electron chi connectivity index (χ3n) is 3.02. The topological polar surface area (TPSA) is 64.6 Å². The summed E-state index contributed by atoms with van der Waals surface area (Å²) >= 11 is 0. The van der Waals surface area contributed by atoms with Gasteiger partial charge in [-0.3, -0.25) is 4.79 Å². The molecule has 0 bridgehead atoms. The minimum absolute atomic E-state index is 0.0129. The number of carbonyl (C=O) groups excluding carboxylic acids is 2. The van der Waals surface area contributed by atoms with E-state index in [2.05, 4.69) is 10.1 Å². The number of nitrogens with one attached hydrogen (secondary N) is 1. The van der Waals surface area contributed by atoms with Crippen molar-refractivity contribution in [2.45, 2.75) is 58.1 Å². The molecule has 1 saturated carbocycles. The van der Waals surface area contributed by atoms with Gasteiger partial charge in [-0.2, -0.15) is 0 Å². The quantitative estimate of drug-likeness (QED) is 0.787. The van der Waals surface area contributed by atoms with Gasteiger partial charge in [0.15, 0.2) is 0 Å². The van der Waals surface area contributed by atoms with Crippen LogP contribution >= 0.6 is 0 Å². The van der Waals surface area contributed by atoms with Gasteiger partial charge >= 0.3 is 12.1 Å². The van der Waals surface area contributed by atoms with Crippen molar-refractivity contribution in [3.05, 3.63) is 0 Å². The van der Waals surface area contributed by atoms with Gasteiger partial charge in [-0.25, -0.2) is 4.79 Å². The number of alkyl carbamates (subject to hydrolysis) is 1. The monoisotopic (exact) mass is 257 g/mol. The molecule has 1 rings (SSSR count). The van der Waals surface area contributed by atoms with Crippen LogP contribution in [-0.2, 0) is 14.3 Å². The molecule has 104 valence electrons. The van der Waals surface area contributed by atoms with Crippen LogP contribution in [0.2, 0.25) is 0 Å². The fourth-order valence-electron chi connectivity index (χ4n) is 2.23. The molecular weight excluding hydrogens is 234 g/mol. The lowest BCUT2D eigenvalue weighted by molar-refractivity contribution is -0.141. The Labute approximate surface area is 108 Å². The summed E-state index contributed by atoms with van der Waals surface area (Å²) in [6, 6.07) is 0.0129. The summed E-state index contributed by atoms with van der Waals surface area (Å²) in [6.07, 6.45) is 2.79. The van der Waals surface area contributed by atoms with E-state index in [0.29, 0.717) is 6.42 Å². The predicted molar refractivity (Wildman–Crippen MR) is 67.1 cm³/mol. The highest BCUT2D eigenvalue weighted by Gasteiger charge is 2.31. The van der Waals surface area contributed by atoms with E-state index in [4.69, 9.17) is 4.74 Å². The molecule has 0 unspecified atom stereocenters. The first-order chi connectivity index (χ1) is 8.31. The van der Waals surface area contributed by atoms with Crippen molar-refractivity contribution in [1.82, 2.24) is 5.32 Å². The summed E-state index contributed by atoms with van der Waals surface area (Å²) in [5.41, 5.74) is -0.499. The van der Waals surface area contributed by atoms with Crippen LogP contribution in [0, 0.1) is 5.92 Å². The molecule has 1 aliphatic carbocycles. The summed E-state index contributed by atoms with van der Waals surface area (Å²) in [5, 5.41) is 2.85. The van der Waals surface area contributed by atoms with Crippen molar-refractivity contribution in [3.63, 3.8) is 0 Å². The molecule has 5 nitrogen and oxygen atoms in total. The maximum Gasteiger partial charge on any atom is 0.407 e. The van der Waals surface area contributed by atoms with Crippen molar-refractivity contribution in [2.24, 2.45) is 5.92 Å². The minimum atomic E-state index is -0.499. The van der Waals surface area contributed by atoms with Crippen LogP contribution in [0.3, 0.4) is 0 Å². The van der Waals surface area contributed by atoms with Crippen molar-refractivity contribution in [3.8, 4) is 0 Å². The number of rotatable bonds is 3. The summed E-state index contributed by atoms with van der Waals surface area (Å²) in [7, 11) is 1.38. The van der Waals surface area contributed by atoms with Crippen LogP contribution in [0.4, 0.5) is 4.79 Å². The number of ether oxygens (including phenoxy) is 2. The normalized spacial score (nSPS) is 23.6. The highest BCUT2D eigenvalue weighted by Crippen LogP contribution is 2.29. The lowest BCUT2D eigenvalue weighted by Gasteiger charge is -2.24. The fourth-order valence-corrected chi connectivity index (χ4v) is 2.23. The number of esters is 1. The second-order valence-electron chi connectivity index (χ2n) is 5.72. The molecule has 0 heterocycles. The second kappa shape index (κ2) is 6.07.